The van der Waals surface area contributed by atoms with Gasteiger partial charge in [0.05, 0.1) is 12.1 Å². The van der Waals surface area contributed by atoms with Gasteiger partial charge in [0, 0.05) is 23.5 Å². The van der Waals surface area contributed by atoms with Crippen LogP contribution >= 0.6 is 11.3 Å². The SMILES string of the molecule is O=C(NCc1ccc(Oc2ccccc2)s1)c1ccc2nccn2c1. The Kier molecular flexibility index (Phi) is 4.18. The Morgan fingerprint density at radius 1 is 1.12 bits per heavy atom. The van der Waals surface area contributed by atoms with Gasteiger partial charge in [-0.1, -0.05) is 18.2 Å². The molecule has 0 radical (unpaired) electrons. The molecule has 25 heavy (non-hydrogen) atoms. The monoisotopic (exact) mass is 349 g/mol. The highest BCUT2D eigenvalue weighted by Gasteiger charge is 2.08. The summed E-state index contributed by atoms with van der Waals surface area (Å²) in [5, 5.41) is 3.73. The number of ether oxygens (including phenoxy) is 1. The molecule has 0 fully saturated rings. The third-order valence-corrected chi connectivity index (χ3v) is 4.64. The Labute approximate surface area is 148 Å². The summed E-state index contributed by atoms with van der Waals surface area (Å²) in [6.45, 7) is 0.462. The van der Waals surface area contributed by atoms with Crippen molar-refractivity contribution < 1.29 is 9.53 Å². The molecule has 0 saturated heterocycles. The molecule has 3 aromatic heterocycles. The lowest BCUT2D eigenvalue weighted by Gasteiger charge is -2.04. The summed E-state index contributed by atoms with van der Waals surface area (Å²) in [6.07, 6.45) is 5.30. The first-order chi connectivity index (χ1) is 12.3. The van der Waals surface area contributed by atoms with E-state index in [1.165, 1.54) is 11.3 Å². The number of fused-ring (bicyclic) bond motifs is 1. The Morgan fingerprint density at radius 2 is 2.00 bits per heavy atom. The molecular formula is C19H15N3O2S. The lowest BCUT2D eigenvalue weighted by molar-refractivity contribution is 0.0951. The molecule has 0 aliphatic heterocycles. The molecule has 4 aromatic rings. The summed E-state index contributed by atoms with van der Waals surface area (Å²) >= 11 is 1.52. The number of amides is 1. The maximum absolute atomic E-state index is 12.3. The molecular weight excluding hydrogens is 334 g/mol. The summed E-state index contributed by atoms with van der Waals surface area (Å²) in [7, 11) is 0. The van der Waals surface area contributed by atoms with Crippen molar-refractivity contribution in [2.45, 2.75) is 6.54 Å². The summed E-state index contributed by atoms with van der Waals surface area (Å²) in [5.74, 6) is 0.683. The van der Waals surface area contributed by atoms with Gasteiger partial charge in [-0.2, -0.15) is 0 Å². The van der Waals surface area contributed by atoms with Gasteiger partial charge in [-0.05, 0) is 36.4 Å². The predicted molar refractivity (Wildman–Crippen MR) is 97.2 cm³/mol. The number of hydrogen-bond acceptors (Lipinski definition) is 4. The number of nitrogens with zero attached hydrogens (tertiary/aromatic N) is 2. The van der Waals surface area contributed by atoms with E-state index in [4.69, 9.17) is 4.74 Å². The van der Waals surface area contributed by atoms with Crippen LogP contribution in [0.25, 0.3) is 5.65 Å². The number of carbonyl (C=O) groups excluding carboxylic acids is 1. The normalized spacial score (nSPS) is 10.7. The van der Waals surface area contributed by atoms with E-state index in [0.29, 0.717) is 12.1 Å². The summed E-state index contributed by atoms with van der Waals surface area (Å²) in [5.41, 5.74) is 1.42. The number of rotatable bonds is 5. The van der Waals surface area contributed by atoms with Gasteiger partial charge in [-0.15, -0.1) is 11.3 Å². The minimum Gasteiger partial charge on any atom is -0.447 e. The third kappa shape index (κ3) is 3.54. The molecule has 0 aliphatic rings. The maximum Gasteiger partial charge on any atom is 0.253 e. The number of nitrogens with one attached hydrogen (secondary N) is 1. The van der Waals surface area contributed by atoms with Crippen LogP contribution in [0.4, 0.5) is 0 Å². The highest BCUT2D eigenvalue weighted by Crippen LogP contribution is 2.29. The van der Waals surface area contributed by atoms with Crippen molar-refractivity contribution in [2.24, 2.45) is 0 Å². The van der Waals surface area contributed by atoms with E-state index in [0.717, 1.165) is 21.3 Å². The van der Waals surface area contributed by atoms with Crippen LogP contribution in [-0.2, 0) is 6.54 Å². The first-order valence-corrected chi connectivity index (χ1v) is 8.62. The number of benzene rings is 1. The fourth-order valence-corrected chi connectivity index (χ4v) is 3.25. The zero-order valence-corrected chi connectivity index (χ0v) is 14.1. The van der Waals surface area contributed by atoms with E-state index < -0.39 is 0 Å². The zero-order chi connectivity index (χ0) is 17.1. The van der Waals surface area contributed by atoms with Gasteiger partial charge in [-0.25, -0.2) is 4.98 Å². The molecule has 3 heterocycles. The number of para-hydroxylation sites is 1. The van der Waals surface area contributed by atoms with Crippen LogP contribution in [0.1, 0.15) is 15.2 Å². The van der Waals surface area contributed by atoms with Crippen molar-refractivity contribution in [1.82, 2.24) is 14.7 Å². The molecule has 0 bridgehead atoms. The molecule has 1 N–H and O–H groups in total. The number of imidazole rings is 1. The van der Waals surface area contributed by atoms with E-state index in [1.807, 2.05) is 59.1 Å². The number of pyridine rings is 1. The van der Waals surface area contributed by atoms with Crippen LogP contribution in [0, 0.1) is 0 Å². The van der Waals surface area contributed by atoms with Crippen LogP contribution in [0.5, 0.6) is 10.8 Å². The highest BCUT2D eigenvalue weighted by molar-refractivity contribution is 7.13. The second-order valence-corrected chi connectivity index (χ2v) is 6.56. The van der Waals surface area contributed by atoms with E-state index in [-0.39, 0.29) is 5.91 Å². The van der Waals surface area contributed by atoms with Crippen LogP contribution < -0.4 is 10.1 Å². The van der Waals surface area contributed by atoms with Crippen LogP contribution in [0.3, 0.4) is 0 Å². The molecule has 1 aromatic carbocycles. The van der Waals surface area contributed by atoms with Crippen LogP contribution in [-0.4, -0.2) is 15.3 Å². The van der Waals surface area contributed by atoms with Crippen molar-refractivity contribution in [3.8, 4) is 10.8 Å². The average Bonchev–Trinajstić information content (AvgIpc) is 3.29. The van der Waals surface area contributed by atoms with Gasteiger partial charge >= 0.3 is 0 Å². The Bertz CT molecular complexity index is 1010. The second-order valence-electron chi connectivity index (χ2n) is 5.43. The third-order valence-electron chi connectivity index (χ3n) is 3.67. The highest BCUT2D eigenvalue weighted by atomic mass is 32.1. The fourth-order valence-electron chi connectivity index (χ4n) is 2.44. The molecule has 6 heteroatoms. The van der Waals surface area contributed by atoms with Crippen molar-refractivity contribution in [3.05, 3.63) is 83.6 Å². The van der Waals surface area contributed by atoms with Gasteiger partial charge in [0.1, 0.15) is 11.4 Å². The maximum atomic E-state index is 12.3. The minimum atomic E-state index is -0.116. The molecule has 0 aliphatic carbocycles. The van der Waals surface area contributed by atoms with Crippen molar-refractivity contribution in [2.75, 3.05) is 0 Å². The van der Waals surface area contributed by atoms with Gasteiger partial charge in [0.15, 0.2) is 5.06 Å². The first-order valence-electron chi connectivity index (χ1n) is 7.80. The van der Waals surface area contributed by atoms with Gasteiger partial charge in [0.25, 0.3) is 5.91 Å². The molecule has 5 nitrogen and oxygen atoms in total. The Hall–Kier alpha value is -3.12. The van der Waals surface area contributed by atoms with E-state index in [1.54, 1.807) is 18.5 Å². The van der Waals surface area contributed by atoms with E-state index in [2.05, 4.69) is 10.3 Å². The summed E-state index contributed by atoms with van der Waals surface area (Å²) in [6, 6.07) is 17.1. The molecule has 124 valence electrons. The second kappa shape index (κ2) is 6.78. The largest absolute Gasteiger partial charge is 0.447 e. The molecule has 0 saturated carbocycles. The summed E-state index contributed by atoms with van der Waals surface area (Å²) in [4.78, 5) is 17.5. The lowest BCUT2D eigenvalue weighted by Crippen LogP contribution is -2.22. The predicted octanol–water partition coefficient (Wildman–Crippen LogP) is 4.12. The van der Waals surface area contributed by atoms with E-state index >= 15 is 0 Å². The smallest absolute Gasteiger partial charge is 0.253 e. The van der Waals surface area contributed by atoms with Gasteiger partial charge in [-0.3, -0.25) is 4.79 Å². The number of thiophene rings is 1. The Balaban J connectivity index is 1.38. The molecule has 4 rings (SSSR count). The molecule has 0 spiro atoms. The first kappa shape index (κ1) is 15.4. The van der Waals surface area contributed by atoms with Gasteiger partial charge < -0.3 is 14.5 Å². The zero-order valence-electron chi connectivity index (χ0n) is 13.3. The quantitative estimate of drug-likeness (QED) is 0.590. The summed E-state index contributed by atoms with van der Waals surface area (Å²) < 4.78 is 7.61. The minimum absolute atomic E-state index is 0.116. The van der Waals surface area contributed by atoms with Crippen LogP contribution in [0.2, 0.25) is 0 Å². The number of hydrogen-bond donors (Lipinski definition) is 1. The van der Waals surface area contributed by atoms with Crippen molar-refractivity contribution in [3.63, 3.8) is 0 Å². The average molecular weight is 349 g/mol. The topological polar surface area (TPSA) is 55.6 Å². The lowest BCUT2D eigenvalue weighted by atomic mass is 10.2. The molecule has 0 unspecified atom stereocenters. The van der Waals surface area contributed by atoms with Crippen molar-refractivity contribution in [1.29, 1.82) is 0 Å². The molecule has 1 amide bonds. The number of carbonyl (C=O) groups is 1. The van der Waals surface area contributed by atoms with Gasteiger partial charge in [0.2, 0.25) is 0 Å². The fraction of sp³-hybridized carbons (Fsp3) is 0.0526. The van der Waals surface area contributed by atoms with Crippen LogP contribution in [0.15, 0.2) is 73.2 Å². The van der Waals surface area contributed by atoms with Crippen molar-refractivity contribution >= 4 is 22.9 Å². The Morgan fingerprint density at radius 3 is 2.88 bits per heavy atom. The number of aromatic nitrogens is 2. The van der Waals surface area contributed by atoms with E-state index in [9.17, 15) is 4.79 Å². The standard InChI is InChI=1S/C19H15N3O2S/c23-19(14-6-8-17-20-10-11-22(17)13-14)21-12-16-7-9-18(25-16)24-15-4-2-1-3-5-15/h1-11,13H,12H2,(H,21,23). The molecule has 0 atom stereocenters.